The summed E-state index contributed by atoms with van der Waals surface area (Å²) in [6, 6.07) is -0.849. The topological polar surface area (TPSA) is 140 Å². The molecule has 0 aromatic rings. The Hall–Kier alpha value is -3.18. The number of esters is 3. The predicted octanol–water partition coefficient (Wildman–Crippen LogP) is 2.36. The van der Waals surface area contributed by atoms with Crippen molar-refractivity contribution in [3.8, 4) is 0 Å². The first kappa shape index (κ1) is 33.3. The van der Waals surface area contributed by atoms with E-state index >= 15 is 0 Å². The fraction of sp³-hybridized carbons (Fsp3) is 0.800. The third-order valence-corrected chi connectivity index (χ3v) is 8.37. The van der Waals surface area contributed by atoms with Gasteiger partial charge in [0.2, 0.25) is 17.7 Å². The number of amides is 3. The molecule has 42 heavy (non-hydrogen) atoms. The molecule has 5 atom stereocenters. The molecule has 5 unspecified atom stereocenters. The lowest BCUT2D eigenvalue weighted by atomic mass is 9.93. The van der Waals surface area contributed by atoms with Gasteiger partial charge in [0.15, 0.2) is 0 Å². The van der Waals surface area contributed by atoms with Crippen molar-refractivity contribution in [1.29, 1.82) is 0 Å². The number of likely N-dealkylation sites (tertiary alicyclic amines) is 3. The van der Waals surface area contributed by atoms with Crippen LogP contribution in [0, 0.1) is 0 Å². The smallest absolute Gasteiger partial charge is 0.302 e. The third kappa shape index (κ3) is 9.97. The van der Waals surface area contributed by atoms with Crippen LogP contribution in [0.1, 0.15) is 98.3 Å². The summed E-state index contributed by atoms with van der Waals surface area (Å²) in [4.78, 5) is 79.0. The number of carbonyl (C=O) groups is 6. The van der Waals surface area contributed by atoms with Crippen molar-refractivity contribution in [3.63, 3.8) is 0 Å². The van der Waals surface area contributed by atoms with Crippen LogP contribution in [-0.2, 0) is 43.0 Å². The highest BCUT2D eigenvalue weighted by atomic mass is 16.5. The minimum absolute atomic E-state index is 0.00736. The molecule has 236 valence electrons. The maximum absolute atomic E-state index is 12.9. The second-order valence-corrected chi connectivity index (χ2v) is 11.8. The number of hydrogen-bond donors (Lipinski definition) is 0. The van der Waals surface area contributed by atoms with Gasteiger partial charge in [-0.2, -0.15) is 0 Å². The molecule has 3 amide bonds. The Bertz CT molecular complexity index is 1000. The van der Waals surface area contributed by atoms with Gasteiger partial charge >= 0.3 is 17.9 Å². The summed E-state index contributed by atoms with van der Waals surface area (Å²) >= 11 is 0. The summed E-state index contributed by atoms with van der Waals surface area (Å²) in [5, 5.41) is 0. The molecule has 12 nitrogen and oxygen atoms in total. The summed E-state index contributed by atoms with van der Waals surface area (Å²) < 4.78 is 16.7. The quantitative estimate of drug-likeness (QED) is 0.195. The van der Waals surface area contributed by atoms with Crippen molar-refractivity contribution in [2.24, 2.45) is 0 Å². The van der Waals surface area contributed by atoms with E-state index in [1.807, 2.05) is 11.8 Å². The van der Waals surface area contributed by atoms with Gasteiger partial charge in [-0.05, 0) is 26.2 Å². The van der Waals surface area contributed by atoms with Crippen LogP contribution in [0.3, 0.4) is 0 Å². The van der Waals surface area contributed by atoms with Crippen molar-refractivity contribution in [1.82, 2.24) is 14.7 Å². The van der Waals surface area contributed by atoms with Crippen LogP contribution >= 0.6 is 0 Å². The van der Waals surface area contributed by atoms with Crippen molar-refractivity contribution in [3.05, 3.63) is 0 Å². The van der Waals surface area contributed by atoms with E-state index in [0.29, 0.717) is 77.4 Å². The molecular weight excluding hydrogens is 546 g/mol. The lowest BCUT2D eigenvalue weighted by Gasteiger charge is -2.36. The second-order valence-electron chi connectivity index (χ2n) is 11.8. The molecule has 3 fully saturated rings. The average Bonchev–Trinajstić information content (AvgIpc) is 3.63. The summed E-state index contributed by atoms with van der Waals surface area (Å²) in [5.74, 6) is -1.24. The van der Waals surface area contributed by atoms with Crippen LogP contribution in [0.25, 0.3) is 0 Å². The molecule has 3 heterocycles. The van der Waals surface area contributed by atoms with Gasteiger partial charge in [0.1, 0.15) is 12.2 Å². The number of hydrogen-bond acceptors (Lipinski definition) is 9. The molecule has 3 rings (SSSR count). The molecule has 0 aliphatic carbocycles. The Morgan fingerprint density at radius 2 is 1.07 bits per heavy atom. The Morgan fingerprint density at radius 1 is 0.643 bits per heavy atom. The molecule has 0 saturated carbocycles. The first-order valence-corrected chi connectivity index (χ1v) is 15.3. The molecule has 0 radical (unpaired) electrons. The van der Waals surface area contributed by atoms with Crippen molar-refractivity contribution >= 4 is 35.6 Å². The summed E-state index contributed by atoms with van der Waals surface area (Å²) in [6.45, 7) is 7.86. The third-order valence-electron chi connectivity index (χ3n) is 8.37. The minimum atomic E-state index is -0.632. The van der Waals surface area contributed by atoms with Gasteiger partial charge in [0, 0.05) is 110 Å². The first-order valence-electron chi connectivity index (χ1n) is 15.3. The number of nitrogens with zero attached hydrogens (tertiary/aromatic N) is 3. The van der Waals surface area contributed by atoms with Crippen LogP contribution in [0.4, 0.5) is 0 Å². The summed E-state index contributed by atoms with van der Waals surface area (Å²) in [5.41, 5.74) is 0. The number of rotatable bonds is 16. The molecule has 0 aromatic carbocycles. The van der Waals surface area contributed by atoms with Gasteiger partial charge in [0.25, 0.3) is 0 Å². The highest BCUT2D eigenvalue weighted by molar-refractivity contribution is 5.79. The summed E-state index contributed by atoms with van der Waals surface area (Å²) in [7, 11) is 0. The zero-order valence-electron chi connectivity index (χ0n) is 25.5. The Kier molecular flexibility index (Phi) is 12.6. The van der Waals surface area contributed by atoms with E-state index in [-0.39, 0.29) is 36.4 Å². The van der Waals surface area contributed by atoms with Gasteiger partial charge in [-0.1, -0.05) is 0 Å². The molecule has 0 aromatic heterocycles. The van der Waals surface area contributed by atoms with E-state index in [9.17, 15) is 28.8 Å². The van der Waals surface area contributed by atoms with Gasteiger partial charge in [-0.3, -0.25) is 28.8 Å². The summed E-state index contributed by atoms with van der Waals surface area (Å²) in [6.07, 6.45) is 4.19. The van der Waals surface area contributed by atoms with E-state index in [1.165, 1.54) is 20.8 Å². The molecule has 3 aliphatic rings. The van der Waals surface area contributed by atoms with Crippen LogP contribution in [0.15, 0.2) is 0 Å². The van der Waals surface area contributed by atoms with Gasteiger partial charge in [-0.25, -0.2) is 0 Å². The minimum Gasteiger partial charge on any atom is -0.466 e. The number of carbonyl (C=O) groups excluding carboxylic acids is 6. The fourth-order valence-corrected chi connectivity index (χ4v) is 6.61. The van der Waals surface area contributed by atoms with Gasteiger partial charge in [0.05, 0.1) is 6.61 Å². The number of ether oxygens (including phenoxy) is 3. The standard InChI is InChI=1S/C30H47N3O9/c1-20(31-12-5-8-28(31)37)16-26(41-22(3)35)18-25(33-14-7-10-30(33)39)19-27(42-23(4)36)17-24(11-15-40-21(2)34)32-13-6-9-29(32)38/h20,24-27H,5-19H2,1-4H3. The molecule has 12 heteroatoms. The SMILES string of the molecule is CC(=O)OCCC(CC(CC(CC(CC(C)N1CCCC1=O)OC(C)=O)N1CCCC1=O)OC(C)=O)N1CCCC1=O. The van der Waals surface area contributed by atoms with E-state index in [4.69, 9.17) is 14.2 Å². The highest BCUT2D eigenvalue weighted by Crippen LogP contribution is 2.29. The van der Waals surface area contributed by atoms with Crippen LogP contribution in [-0.4, -0.2) is 107 Å². The van der Waals surface area contributed by atoms with Crippen LogP contribution < -0.4 is 0 Å². The largest absolute Gasteiger partial charge is 0.466 e. The molecule has 0 bridgehead atoms. The Balaban J connectivity index is 1.82. The molecule has 0 spiro atoms. The van der Waals surface area contributed by atoms with E-state index < -0.39 is 36.2 Å². The molecule has 3 saturated heterocycles. The maximum Gasteiger partial charge on any atom is 0.302 e. The molecule has 3 aliphatic heterocycles. The molecular formula is C30H47N3O9. The van der Waals surface area contributed by atoms with E-state index in [1.54, 1.807) is 9.80 Å². The monoisotopic (exact) mass is 593 g/mol. The zero-order valence-corrected chi connectivity index (χ0v) is 25.5. The lowest BCUT2D eigenvalue weighted by Crippen LogP contribution is -2.45. The average molecular weight is 594 g/mol. The Morgan fingerprint density at radius 3 is 1.50 bits per heavy atom. The Labute approximate surface area is 248 Å². The lowest BCUT2D eigenvalue weighted by molar-refractivity contribution is -0.150. The van der Waals surface area contributed by atoms with Crippen molar-refractivity contribution in [2.45, 2.75) is 129 Å². The zero-order chi connectivity index (χ0) is 30.8. The van der Waals surface area contributed by atoms with E-state index in [2.05, 4.69) is 0 Å². The van der Waals surface area contributed by atoms with Crippen LogP contribution in [0.5, 0.6) is 0 Å². The normalized spacial score (nSPS) is 20.9. The molecule has 0 N–H and O–H groups in total. The predicted molar refractivity (Wildman–Crippen MR) is 151 cm³/mol. The highest BCUT2D eigenvalue weighted by Gasteiger charge is 2.37. The van der Waals surface area contributed by atoms with E-state index in [0.717, 1.165) is 12.8 Å². The van der Waals surface area contributed by atoms with Crippen molar-refractivity contribution in [2.75, 3.05) is 26.2 Å². The fourth-order valence-electron chi connectivity index (χ4n) is 6.61. The first-order chi connectivity index (χ1) is 19.9. The van der Waals surface area contributed by atoms with Gasteiger partial charge < -0.3 is 28.9 Å². The second kappa shape index (κ2) is 15.9. The van der Waals surface area contributed by atoms with Gasteiger partial charge in [-0.15, -0.1) is 0 Å². The van der Waals surface area contributed by atoms with Crippen LogP contribution in [0.2, 0.25) is 0 Å². The maximum atomic E-state index is 12.9. The van der Waals surface area contributed by atoms with Crippen molar-refractivity contribution < 1.29 is 43.0 Å².